The predicted molar refractivity (Wildman–Crippen MR) is 63.9 cm³/mol. The van der Waals surface area contributed by atoms with E-state index in [1.54, 1.807) is 18.2 Å². The first kappa shape index (κ1) is 11.1. The highest BCUT2D eigenvalue weighted by Crippen LogP contribution is 2.35. The Balaban J connectivity index is 1.68. The summed E-state index contributed by atoms with van der Waals surface area (Å²) in [6, 6.07) is 8.85. The van der Waals surface area contributed by atoms with Crippen LogP contribution in [0.15, 0.2) is 30.3 Å². The van der Waals surface area contributed by atoms with Gasteiger partial charge in [0.2, 0.25) is 6.79 Å². The molecule has 0 fully saturated rings. The van der Waals surface area contributed by atoms with Crippen molar-refractivity contribution in [3.63, 3.8) is 0 Å². The number of aromatic nitrogens is 2. The zero-order valence-corrected chi connectivity index (χ0v) is 10.1. The number of rotatable bonds is 3. The van der Waals surface area contributed by atoms with Gasteiger partial charge in [-0.2, -0.15) is 5.10 Å². The van der Waals surface area contributed by atoms with E-state index < -0.39 is 0 Å². The Labute approximate surface area is 108 Å². The van der Waals surface area contributed by atoms with Crippen LogP contribution in [0.25, 0.3) is 0 Å². The lowest BCUT2D eigenvalue weighted by atomic mass is 10.3. The molecule has 18 heavy (non-hydrogen) atoms. The molecule has 0 saturated heterocycles. The summed E-state index contributed by atoms with van der Waals surface area (Å²) in [5.74, 6) is 2.11. The van der Waals surface area contributed by atoms with Crippen molar-refractivity contribution >= 4 is 11.6 Å². The smallest absolute Gasteiger partial charge is 0.231 e. The lowest BCUT2D eigenvalue weighted by Gasteiger charge is -2.05. The van der Waals surface area contributed by atoms with Gasteiger partial charge in [-0.25, -0.2) is 0 Å². The van der Waals surface area contributed by atoms with Crippen LogP contribution in [0.3, 0.4) is 0 Å². The van der Waals surface area contributed by atoms with Gasteiger partial charge in [0.1, 0.15) is 18.1 Å². The van der Waals surface area contributed by atoms with E-state index in [0.717, 1.165) is 5.75 Å². The lowest BCUT2D eigenvalue weighted by molar-refractivity contribution is 0.173. The first-order chi connectivity index (χ1) is 8.81. The maximum Gasteiger partial charge on any atom is 0.231 e. The monoisotopic (exact) mass is 264 g/mol. The Bertz CT molecular complexity index is 560. The molecule has 92 valence electrons. The van der Waals surface area contributed by atoms with Crippen LogP contribution in [0, 0.1) is 0 Å². The molecule has 0 radical (unpaired) electrons. The summed E-state index contributed by atoms with van der Waals surface area (Å²) in [7, 11) is 0. The van der Waals surface area contributed by atoms with E-state index >= 15 is 0 Å². The SMILES string of the molecule is Clc1ccc(COc2ccc3c(c2)OCO3)nn1. The Hall–Kier alpha value is -2.01. The Morgan fingerprint density at radius 3 is 2.83 bits per heavy atom. The second-order valence-electron chi connectivity index (χ2n) is 3.65. The number of benzene rings is 1. The second kappa shape index (κ2) is 4.70. The standard InChI is InChI=1S/C12H9ClN2O3/c13-12-4-1-8(14-15-12)6-16-9-2-3-10-11(5-9)18-7-17-10/h1-5H,6-7H2. The van der Waals surface area contributed by atoms with E-state index in [-0.39, 0.29) is 6.79 Å². The number of ether oxygens (including phenoxy) is 3. The van der Waals surface area contributed by atoms with Crippen LogP contribution in [-0.4, -0.2) is 17.0 Å². The molecular weight excluding hydrogens is 256 g/mol. The van der Waals surface area contributed by atoms with Gasteiger partial charge in [0.05, 0.1) is 0 Å². The molecule has 1 aliphatic heterocycles. The minimum atomic E-state index is 0.251. The molecule has 2 aromatic rings. The molecule has 0 bridgehead atoms. The van der Waals surface area contributed by atoms with Crippen LogP contribution >= 0.6 is 11.6 Å². The molecule has 0 saturated carbocycles. The normalized spacial score (nSPS) is 12.5. The molecule has 0 amide bonds. The third-order valence-corrected chi connectivity index (χ3v) is 2.62. The van der Waals surface area contributed by atoms with E-state index in [2.05, 4.69) is 10.2 Å². The third kappa shape index (κ3) is 2.31. The van der Waals surface area contributed by atoms with E-state index in [0.29, 0.717) is 29.0 Å². The molecule has 0 spiro atoms. The minimum absolute atomic E-state index is 0.251. The molecule has 0 N–H and O–H groups in total. The quantitative estimate of drug-likeness (QED) is 0.852. The zero-order valence-electron chi connectivity index (χ0n) is 9.30. The molecule has 6 heteroatoms. The average Bonchev–Trinajstić information content (AvgIpc) is 2.85. The predicted octanol–water partition coefficient (Wildman–Crippen LogP) is 2.44. The van der Waals surface area contributed by atoms with Gasteiger partial charge < -0.3 is 14.2 Å². The lowest BCUT2D eigenvalue weighted by Crippen LogP contribution is -1.99. The summed E-state index contributed by atoms with van der Waals surface area (Å²) in [5.41, 5.74) is 0.706. The Morgan fingerprint density at radius 2 is 2.00 bits per heavy atom. The highest BCUT2D eigenvalue weighted by Gasteiger charge is 2.13. The molecule has 0 atom stereocenters. The third-order valence-electron chi connectivity index (χ3n) is 2.42. The minimum Gasteiger partial charge on any atom is -0.487 e. The fraction of sp³-hybridized carbons (Fsp3) is 0.167. The summed E-state index contributed by atoms with van der Waals surface area (Å²) in [4.78, 5) is 0. The zero-order chi connectivity index (χ0) is 12.4. The van der Waals surface area contributed by atoms with E-state index in [1.165, 1.54) is 0 Å². The Morgan fingerprint density at radius 1 is 1.11 bits per heavy atom. The number of nitrogens with zero attached hydrogens (tertiary/aromatic N) is 2. The molecule has 3 rings (SSSR count). The van der Waals surface area contributed by atoms with E-state index in [1.807, 2.05) is 12.1 Å². The van der Waals surface area contributed by atoms with Crippen LogP contribution in [-0.2, 0) is 6.61 Å². The van der Waals surface area contributed by atoms with Gasteiger partial charge in [0.15, 0.2) is 16.7 Å². The second-order valence-corrected chi connectivity index (χ2v) is 4.04. The van der Waals surface area contributed by atoms with Crippen LogP contribution in [0.5, 0.6) is 17.2 Å². The van der Waals surface area contributed by atoms with Gasteiger partial charge in [-0.3, -0.25) is 0 Å². The summed E-state index contributed by atoms with van der Waals surface area (Å²) < 4.78 is 16.0. The highest BCUT2D eigenvalue weighted by molar-refractivity contribution is 6.29. The van der Waals surface area contributed by atoms with E-state index in [4.69, 9.17) is 25.8 Å². The largest absolute Gasteiger partial charge is 0.487 e. The summed E-state index contributed by atoms with van der Waals surface area (Å²) in [5, 5.41) is 8.01. The van der Waals surface area contributed by atoms with Gasteiger partial charge in [0.25, 0.3) is 0 Å². The van der Waals surface area contributed by atoms with Crippen molar-refractivity contribution in [3.8, 4) is 17.2 Å². The van der Waals surface area contributed by atoms with Crippen molar-refractivity contribution in [1.82, 2.24) is 10.2 Å². The van der Waals surface area contributed by atoms with Gasteiger partial charge in [0, 0.05) is 6.07 Å². The highest BCUT2D eigenvalue weighted by atomic mass is 35.5. The average molecular weight is 265 g/mol. The van der Waals surface area contributed by atoms with Gasteiger partial charge in [-0.1, -0.05) is 11.6 Å². The summed E-state index contributed by atoms with van der Waals surface area (Å²) >= 11 is 5.65. The van der Waals surface area contributed by atoms with Crippen molar-refractivity contribution in [3.05, 3.63) is 41.2 Å². The molecule has 1 aromatic carbocycles. The first-order valence-corrected chi connectivity index (χ1v) is 5.69. The van der Waals surface area contributed by atoms with Crippen molar-refractivity contribution in [2.75, 3.05) is 6.79 Å². The molecular formula is C12H9ClN2O3. The van der Waals surface area contributed by atoms with Crippen LogP contribution < -0.4 is 14.2 Å². The number of hydrogen-bond donors (Lipinski definition) is 0. The van der Waals surface area contributed by atoms with Crippen molar-refractivity contribution in [2.45, 2.75) is 6.61 Å². The molecule has 2 heterocycles. The Kier molecular flexibility index (Phi) is 2.90. The van der Waals surface area contributed by atoms with Crippen molar-refractivity contribution in [2.24, 2.45) is 0 Å². The van der Waals surface area contributed by atoms with E-state index in [9.17, 15) is 0 Å². The van der Waals surface area contributed by atoms with Crippen LogP contribution in [0.1, 0.15) is 5.69 Å². The molecule has 0 unspecified atom stereocenters. The molecule has 1 aromatic heterocycles. The first-order valence-electron chi connectivity index (χ1n) is 5.32. The maximum absolute atomic E-state index is 5.65. The molecule has 1 aliphatic rings. The number of halogens is 1. The fourth-order valence-electron chi connectivity index (χ4n) is 1.54. The topological polar surface area (TPSA) is 53.5 Å². The number of hydrogen-bond acceptors (Lipinski definition) is 5. The van der Waals surface area contributed by atoms with Gasteiger partial charge in [-0.15, -0.1) is 5.10 Å². The summed E-state index contributed by atoms with van der Waals surface area (Å²) in [6.45, 7) is 0.575. The summed E-state index contributed by atoms with van der Waals surface area (Å²) in [6.07, 6.45) is 0. The molecule has 0 aliphatic carbocycles. The van der Waals surface area contributed by atoms with Crippen molar-refractivity contribution in [1.29, 1.82) is 0 Å². The maximum atomic E-state index is 5.65. The fourth-order valence-corrected chi connectivity index (χ4v) is 1.65. The van der Waals surface area contributed by atoms with Crippen molar-refractivity contribution < 1.29 is 14.2 Å². The van der Waals surface area contributed by atoms with Gasteiger partial charge >= 0.3 is 0 Å². The number of fused-ring (bicyclic) bond motifs is 1. The van der Waals surface area contributed by atoms with Gasteiger partial charge in [-0.05, 0) is 24.3 Å². The van der Waals surface area contributed by atoms with Crippen LogP contribution in [0.4, 0.5) is 0 Å². The molecule has 5 nitrogen and oxygen atoms in total. The van der Waals surface area contributed by atoms with Crippen LogP contribution in [0.2, 0.25) is 5.15 Å².